The van der Waals surface area contributed by atoms with Crippen LogP contribution in [0.1, 0.15) is 35.4 Å². The summed E-state index contributed by atoms with van der Waals surface area (Å²) in [4.78, 5) is 0. The second-order valence-electron chi connectivity index (χ2n) is 4.83. The molecule has 96 valence electrons. The van der Waals surface area contributed by atoms with Gasteiger partial charge in [-0.15, -0.1) is 0 Å². The summed E-state index contributed by atoms with van der Waals surface area (Å²) in [5.41, 5.74) is 4.18. The van der Waals surface area contributed by atoms with Crippen LogP contribution in [-0.2, 0) is 0 Å². The van der Waals surface area contributed by atoms with Crippen molar-refractivity contribution in [1.29, 1.82) is 5.41 Å². The van der Waals surface area contributed by atoms with Gasteiger partial charge >= 0.3 is 0 Å². The van der Waals surface area contributed by atoms with Crippen LogP contribution in [0.5, 0.6) is 0 Å². The van der Waals surface area contributed by atoms with E-state index in [1.807, 2.05) is 36.4 Å². The lowest BCUT2D eigenvalue weighted by atomic mass is 9.78. The summed E-state index contributed by atoms with van der Waals surface area (Å²) in [6.45, 7) is 0. The summed E-state index contributed by atoms with van der Waals surface area (Å²) >= 11 is 12.1. The Kier molecular flexibility index (Phi) is 3.34. The molecule has 19 heavy (non-hydrogen) atoms. The molecular formula is C16H13Cl2N. The number of hydrogen-bond donors (Lipinski definition) is 1. The molecule has 0 saturated heterocycles. The summed E-state index contributed by atoms with van der Waals surface area (Å²) in [5, 5.41) is 9.23. The Labute approximate surface area is 122 Å². The minimum absolute atomic E-state index is 0.306. The highest BCUT2D eigenvalue weighted by Crippen LogP contribution is 2.38. The first-order chi connectivity index (χ1) is 9.16. The molecule has 3 heteroatoms. The lowest BCUT2D eigenvalue weighted by Gasteiger charge is -2.26. The Bertz CT molecular complexity index is 649. The average molecular weight is 290 g/mol. The summed E-state index contributed by atoms with van der Waals surface area (Å²) in [5.74, 6) is 0.306. The molecule has 0 radical (unpaired) electrons. The van der Waals surface area contributed by atoms with E-state index in [0.29, 0.717) is 16.0 Å². The van der Waals surface area contributed by atoms with Crippen LogP contribution >= 0.6 is 23.2 Å². The highest BCUT2D eigenvalue weighted by molar-refractivity contribution is 6.42. The van der Waals surface area contributed by atoms with Crippen molar-refractivity contribution in [2.45, 2.75) is 18.8 Å². The molecule has 1 atom stereocenters. The molecule has 2 aromatic carbocycles. The second kappa shape index (κ2) is 4.99. The van der Waals surface area contributed by atoms with E-state index in [0.717, 1.165) is 24.1 Å². The van der Waals surface area contributed by atoms with Crippen molar-refractivity contribution in [2.75, 3.05) is 0 Å². The molecule has 0 aliphatic heterocycles. The quantitative estimate of drug-likeness (QED) is 0.738. The van der Waals surface area contributed by atoms with Crippen molar-refractivity contribution in [2.24, 2.45) is 0 Å². The molecule has 0 spiro atoms. The third kappa shape index (κ3) is 2.29. The van der Waals surface area contributed by atoms with Crippen molar-refractivity contribution >= 4 is 28.9 Å². The topological polar surface area (TPSA) is 23.9 Å². The van der Waals surface area contributed by atoms with Crippen LogP contribution in [0.3, 0.4) is 0 Å². The molecule has 0 bridgehead atoms. The Morgan fingerprint density at radius 2 is 1.79 bits per heavy atom. The van der Waals surface area contributed by atoms with Crippen molar-refractivity contribution in [3.8, 4) is 0 Å². The first kappa shape index (κ1) is 12.7. The predicted octanol–water partition coefficient (Wildman–Crippen LogP) is 5.29. The molecule has 1 unspecified atom stereocenters. The highest BCUT2D eigenvalue weighted by Gasteiger charge is 2.24. The van der Waals surface area contributed by atoms with Crippen LogP contribution in [0.25, 0.3) is 0 Å². The van der Waals surface area contributed by atoms with Gasteiger partial charge in [-0.1, -0.05) is 53.5 Å². The van der Waals surface area contributed by atoms with Crippen LogP contribution in [0.4, 0.5) is 0 Å². The van der Waals surface area contributed by atoms with Crippen molar-refractivity contribution in [1.82, 2.24) is 0 Å². The van der Waals surface area contributed by atoms with Gasteiger partial charge in [0.25, 0.3) is 0 Å². The van der Waals surface area contributed by atoms with Gasteiger partial charge in [0.1, 0.15) is 0 Å². The fourth-order valence-corrected chi connectivity index (χ4v) is 3.04. The number of hydrogen-bond acceptors (Lipinski definition) is 1. The van der Waals surface area contributed by atoms with Crippen LogP contribution in [0.15, 0.2) is 42.5 Å². The largest absolute Gasteiger partial charge is 0.305 e. The van der Waals surface area contributed by atoms with Crippen molar-refractivity contribution < 1.29 is 0 Å². The molecule has 3 rings (SSSR count). The van der Waals surface area contributed by atoms with E-state index in [2.05, 4.69) is 6.07 Å². The summed E-state index contributed by atoms with van der Waals surface area (Å²) in [6, 6.07) is 14.0. The maximum atomic E-state index is 8.05. The van der Waals surface area contributed by atoms with Crippen LogP contribution < -0.4 is 0 Å². The molecule has 0 fully saturated rings. The zero-order valence-corrected chi connectivity index (χ0v) is 11.8. The molecule has 0 amide bonds. The van der Waals surface area contributed by atoms with Crippen LogP contribution in [0.2, 0.25) is 10.0 Å². The molecule has 1 aliphatic rings. The predicted molar refractivity (Wildman–Crippen MR) is 80.8 cm³/mol. The Morgan fingerprint density at radius 1 is 1.00 bits per heavy atom. The van der Waals surface area contributed by atoms with Crippen LogP contribution in [-0.4, -0.2) is 5.71 Å². The molecule has 1 N–H and O–H groups in total. The van der Waals surface area contributed by atoms with E-state index in [1.54, 1.807) is 0 Å². The summed E-state index contributed by atoms with van der Waals surface area (Å²) in [7, 11) is 0. The minimum atomic E-state index is 0.306. The van der Waals surface area contributed by atoms with Crippen molar-refractivity contribution in [3.63, 3.8) is 0 Å². The monoisotopic (exact) mass is 289 g/mol. The van der Waals surface area contributed by atoms with E-state index in [1.165, 1.54) is 11.1 Å². The minimum Gasteiger partial charge on any atom is -0.305 e. The fraction of sp³-hybridized carbons (Fsp3) is 0.188. The van der Waals surface area contributed by atoms with E-state index < -0.39 is 0 Å². The Morgan fingerprint density at radius 3 is 2.58 bits per heavy atom. The molecule has 2 aromatic rings. The summed E-state index contributed by atoms with van der Waals surface area (Å²) in [6.07, 6.45) is 1.76. The maximum absolute atomic E-state index is 8.05. The molecular weight excluding hydrogens is 277 g/mol. The maximum Gasteiger partial charge on any atom is 0.0595 e. The fourth-order valence-electron chi connectivity index (χ4n) is 2.73. The van der Waals surface area contributed by atoms with Gasteiger partial charge in [-0.2, -0.15) is 0 Å². The lowest BCUT2D eigenvalue weighted by molar-refractivity contribution is 0.721. The molecule has 1 aliphatic carbocycles. The Balaban J connectivity index is 2.09. The van der Waals surface area contributed by atoms with Crippen molar-refractivity contribution in [3.05, 3.63) is 69.2 Å². The lowest BCUT2D eigenvalue weighted by Crippen LogP contribution is -2.16. The Hall–Kier alpha value is -1.31. The van der Waals surface area contributed by atoms with E-state index in [-0.39, 0.29) is 0 Å². The highest BCUT2D eigenvalue weighted by atomic mass is 35.5. The molecule has 0 heterocycles. The number of benzene rings is 2. The third-order valence-electron chi connectivity index (χ3n) is 3.69. The van der Waals surface area contributed by atoms with Crippen LogP contribution in [0, 0.1) is 5.41 Å². The van der Waals surface area contributed by atoms with Gasteiger partial charge in [0.15, 0.2) is 0 Å². The van der Waals surface area contributed by atoms with Gasteiger partial charge in [0.05, 0.1) is 10.0 Å². The molecule has 0 aromatic heterocycles. The second-order valence-corrected chi connectivity index (χ2v) is 5.65. The van der Waals surface area contributed by atoms with Gasteiger partial charge < -0.3 is 5.41 Å². The van der Waals surface area contributed by atoms with Gasteiger partial charge in [-0.05, 0) is 41.7 Å². The summed E-state index contributed by atoms with van der Waals surface area (Å²) < 4.78 is 0. The number of nitrogens with one attached hydrogen (secondary N) is 1. The van der Waals surface area contributed by atoms with E-state index in [4.69, 9.17) is 28.6 Å². The molecule has 0 saturated carbocycles. The first-order valence-corrected chi connectivity index (χ1v) is 7.04. The number of fused-ring (bicyclic) bond motifs is 1. The zero-order valence-electron chi connectivity index (χ0n) is 10.3. The number of rotatable bonds is 1. The third-order valence-corrected chi connectivity index (χ3v) is 4.43. The van der Waals surface area contributed by atoms with Gasteiger partial charge in [0, 0.05) is 11.6 Å². The SMILES string of the molecule is N=C1CCC(c2ccc(Cl)c(Cl)c2)c2ccccc21. The average Bonchev–Trinajstić information content (AvgIpc) is 2.43. The number of halogens is 2. The molecule has 1 nitrogen and oxygen atoms in total. The zero-order chi connectivity index (χ0) is 13.4. The van der Waals surface area contributed by atoms with E-state index >= 15 is 0 Å². The first-order valence-electron chi connectivity index (χ1n) is 6.28. The standard InChI is InChI=1S/C16H13Cl2N/c17-14-7-5-10(9-15(14)18)11-6-8-16(19)13-4-2-1-3-12(11)13/h1-5,7,9,11,19H,6,8H2. The smallest absolute Gasteiger partial charge is 0.0595 e. The van der Waals surface area contributed by atoms with E-state index in [9.17, 15) is 0 Å². The van der Waals surface area contributed by atoms with Gasteiger partial charge in [0.2, 0.25) is 0 Å². The normalized spacial score (nSPS) is 18.2. The van der Waals surface area contributed by atoms with Gasteiger partial charge in [-0.3, -0.25) is 0 Å². The van der Waals surface area contributed by atoms with Gasteiger partial charge in [-0.25, -0.2) is 0 Å².